The van der Waals surface area contributed by atoms with Crippen molar-refractivity contribution in [2.45, 2.75) is 12.5 Å². The molecule has 0 bridgehead atoms. The zero-order valence-corrected chi connectivity index (χ0v) is 13.2. The lowest BCUT2D eigenvalue weighted by Gasteiger charge is -2.17. The first-order valence-electron chi connectivity index (χ1n) is 5.73. The SMILES string of the molecule is CNC(Cc1ccc(Br)cn1)c1ccccc1Br. The van der Waals surface area contributed by atoms with Gasteiger partial charge >= 0.3 is 0 Å². The van der Waals surface area contributed by atoms with Crippen molar-refractivity contribution >= 4 is 31.9 Å². The molecule has 1 aromatic carbocycles. The van der Waals surface area contributed by atoms with Gasteiger partial charge in [0.25, 0.3) is 0 Å². The maximum atomic E-state index is 4.42. The molecule has 0 amide bonds. The van der Waals surface area contributed by atoms with Crippen molar-refractivity contribution in [2.24, 2.45) is 0 Å². The van der Waals surface area contributed by atoms with E-state index in [4.69, 9.17) is 0 Å². The molecule has 0 fully saturated rings. The van der Waals surface area contributed by atoms with Gasteiger partial charge in [0.15, 0.2) is 0 Å². The minimum atomic E-state index is 0.259. The van der Waals surface area contributed by atoms with Crippen LogP contribution in [0.4, 0.5) is 0 Å². The van der Waals surface area contributed by atoms with Crippen LogP contribution in [0.25, 0.3) is 0 Å². The quantitative estimate of drug-likeness (QED) is 0.877. The lowest BCUT2D eigenvalue weighted by Crippen LogP contribution is -2.19. The molecular weight excluding hydrogens is 356 g/mol. The van der Waals surface area contributed by atoms with Crippen molar-refractivity contribution in [2.75, 3.05) is 7.05 Å². The lowest BCUT2D eigenvalue weighted by atomic mass is 10.0. The van der Waals surface area contributed by atoms with Gasteiger partial charge in [0.05, 0.1) is 0 Å². The number of aromatic nitrogens is 1. The Morgan fingerprint density at radius 1 is 1.17 bits per heavy atom. The number of hydrogen-bond acceptors (Lipinski definition) is 2. The second-order valence-electron chi connectivity index (χ2n) is 4.03. The smallest absolute Gasteiger partial charge is 0.0423 e. The molecular formula is C14H14Br2N2. The molecule has 0 saturated heterocycles. The highest BCUT2D eigenvalue weighted by atomic mass is 79.9. The van der Waals surface area contributed by atoms with Crippen LogP contribution in [0.3, 0.4) is 0 Å². The van der Waals surface area contributed by atoms with Crippen molar-refractivity contribution in [3.63, 3.8) is 0 Å². The Bertz CT molecular complexity index is 511. The molecule has 1 heterocycles. The van der Waals surface area contributed by atoms with Crippen LogP contribution in [-0.2, 0) is 6.42 Å². The Morgan fingerprint density at radius 3 is 2.56 bits per heavy atom. The van der Waals surface area contributed by atoms with Crippen LogP contribution < -0.4 is 5.32 Å². The largest absolute Gasteiger partial charge is 0.313 e. The monoisotopic (exact) mass is 368 g/mol. The van der Waals surface area contributed by atoms with E-state index >= 15 is 0 Å². The number of nitrogens with one attached hydrogen (secondary N) is 1. The van der Waals surface area contributed by atoms with E-state index in [9.17, 15) is 0 Å². The number of hydrogen-bond donors (Lipinski definition) is 1. The minimum Gasteiger partial charge on any atom is -0.313 e. The summed E-state index contributed by atoms with van der Waals surface area (Å²) in [6.07, 6.45) is 2.70. The molecule has 4 heteroatoms. The fourth-order valence-corrected chi connectivity index (χ4v) is 2.66. The summed E-state index contributed by atoms with van der Waals surface area (Å²) < 4.78 is 2.13. The van der Waals surface area contributed by atoms with E-state index in [1.807, 2.05) is 31.4 Å². The maximum absolute atomic E-state index is 4.42. The third-order valence-corrected chi connectivity index (χ3v) is 4.02. The Kier molecular flexibility index (Phi) is 4.92. The molecule has 0 radical (unpaired) electrons. The number of likely N-dealkylation sites (N-methyl/N-ethyl adjacent to an activating group) is 1. The fourth-order valence-electron chi connectivity index (χ4n) is 1.86. The number of halogens is 2. The van der Waals surface area contributed by atoms with E-state index in [0.717, 1.165) is 21.1 Å². The number of rotatable bonds is 4. The summed E-state index contributed by atoms with van der Waals surface area (Å²) in [5, 5.41) is 3.34. The molecule has 18 heavy (non-hydrogen) atoms. The normalized spacial score (nSPS) is 12.4. The third-order valence-electron chi connectivity index (χ3n) is 2.83. The highest BCUT2D eigenvalue weighted by molar-refractivity contribution is 9.10. The van der Waals surface area contributed by atoms with Gasteiger partial charge in [-0.05, 0) is 46.7 Å². The molecule has 0 saturated carbocycles. The van der Waals surface area contributed by atoms with E-state index in [-0.39, 0.29) is 6.04 Å². The highest BCUT2D eigenvalue weighted by Crippen LogP contribution is 2.25. The van der Waals surface area contributed by atoms with Crippen molar-refractivity contribution in [3.8, 4) is 0 Å². The van der Waals surface area contributed by atoms with E-state index in [1.165, 1.54) is 5.56 Å². The summed E-state index contributed by atoms with van der Waals surface area (Å²) in [6, 6.07) is 12.6. The first-order valence-corrected chi connectivity index (χ1v) is 7.31. The summed E-state index contributed by atoms with van der Waals surface area (Å²) in [4.78, 5) is 4.42. The van der Waals surface area contributed by atoms with Gasteiger partial charge in [-0.3, -0.25) is 4.98 Å². The summed E-state index contributed by atoms with van der Waals surface area (Å²) in [7, 11) is 1.98. The highest BCUT2D eigenvalue weighted by Gasteiger charge is 2.13. The van der Waals surface area contributed by atoms with Gasteiger partial charge < -0.3 is 5.32 Å². The second kappa shape index (κ2) is 6.45. The third kappa shape index (κ3) is 3.40. The number of pyridine rings is 1. The first-order chi connectivity index (χ1) is 8.70. The van der Waals surface area contributed by atoms with Gasteiger partial charge in [-0.25, -0.2) is 0 Å². The molecule has 0 aliphatic carbocycles. The predicted molar refractivity (Wildman–Crippen MR) is 81.6 cm³/mol. The Labute approximate surface area is 124 Å². The van der Waals surface area contributed by atoms with Crippen molar-refractivity contribution < 1.29 is 0 Å². The predicted octanol–water partition coefficient (Wildman–Crippen LogP) is 4.11. The summed E-state index contributed by atoms with van der Waals surface area (Å²) >= 11 is 6.99. The van der Waals surface area contributed by atoms with Crippen LogP contribution in [-0.4, -0.2) is 12.0 Å². The van der Waals surface area contributed by atoms with Gasteiger partial charge in [-0.1, -0.05) is 34.1 Å². The average molecular weight is 370 g/mol. The van der Waals surface area contributed by atoms with Crippen molar-refractivity contribution in [3.05, 3.63) is 62.8 Å². The summed E-state index contributed by atoms with van der Waals surface area (Å²) in [5.41, 5.74) is 2.33. The lowest BCUT2D eigenvalue weighted by molar-refractivity contribution is 0.582. The van der Waals surface area contributed by atoms with Crippen LogP contribution in [0.5, 0.6) is 0 Å². The molecule has 1 N–H and O–H groups in total. The van der Waals surface area contributed by atoms with Gasteiger partial charge in [0.2, 0.25) is 0 Å². The van der Waals surface area contributed by atoms with Crippen molar-refractivity contribution in [1.82, 2.24) is 10.3 Å². The molecule has 0 aliphatic rings. The number of nitrogens with zero attached hydrogens (tertiary/aromatic N) is 1. The minimum absolute atomic E-state index is 0.259. The van der Waals surface area contributed by atoms with Crippen LogP contribution >= 0.6 is 31.9 Å². The van der Waals surface area contributed by atoms with Gasteiger partial charge in [-0.2, -0.15) is 0 Å². The number of benzene rings is 1. The summed E-state index contributed by atoms with van der Waals surface area (Å²) in [6.45, 7) is 0. The van der Waals surface area contributed by atoms with Gasteiger partial charge in [-0.15, -0.1) is 0 Å². The standard InChI is InChI=1S/C14H14Br2N2/c1-17-14(12-4-2-3-5-13(12)16)8-11-7-6-10(15)9-18-11/h2-7,9,14,17H,8H2,1H3. The van der Waals surface area contributed by atoms with Gasteiger partial charge in [0, 0.05) is 33.3 Å². The first kappa shape index (κ1) is 13.7. The maximum Gasteiger partial charge on any atom is 0.0423 e. The Morgan fingerprint density at radius 2 is 1.94 bits per heavy atom. The molecule has 2 rings (SSSR count). The average Bonchev–Trinajstić information content (AvgIpc) is 2.39. The van der Waals surface area contributed by atoms with E-state index < -0.39 is 0 Å². The molecule has 2 aromatic rings. The molecule has 0 aliphatic heterocycles. The Balaban J connectivity index is 2.20. The van der Waals surface area contributed by atoms with Crippen LogP contribution in [0.2, 0.25) is 0 Å². The van der Waals surface area contributed by atoms with E-state index in [1.54, 1.807) is 0 Å². The van der Waals surface area contributed by atoms with E-state index in [2.05, 4.69) is 60.4 Å². The fraction of sp³-hybridized carbons (Fsp3) is 0.214. The summed E-state index contributed by atoms with van der Waals surface area (Å²) in [5.74, 6) is 0. The molecule has 1 aromatic heterocycles. The molecule has 1 unspecified atom stereocenters. The topological polar surface area (TPSA) is 24.9 Å². The van der Waals surface area contributed by atoms with Crippen LogP contribution in [0.1, 0.15) is 17.3 Å². The van der Waals surface area contributed by atoms with Gasteiger partial charge in [0.1, 0.15) is 0 Å². The van der Waals surface area contributed by atoms with E-state index in [0.29, 0.717) is 0 Å². The zero-order chi connectivity index (χ0) is 13.0. The van der Waals surface area contributed by atoms with Crippen LogP contribution in [0.15, 0.2) is 51.5 Å². The molecule has 1 atom stereocenters. The molecule has 94 valence electrons. The Hall–Kier alpha value is -0.710. The zero-order valence-electron chi connectivity index (χ0n) is 10.0. The molecule has 0 spiro atoms. The van der Waals surface area contributed by atoms with Crippen molar-refractivity contribution in [1.29, 1.82) is 0 Å². The van der Waals surface area contributed by atoms with Crippen LogP contribution in [0, 0.1) is 0 Å². The molecule has 2 nitrogen and oxygen atoms in total. The second-order valence-corrected chi connectivity index (χ2v) is 5.80.